The maximum absolute atomic E-state index is 5.13. The van der Waals surface area contributed by atoms with Crippen molar-refractivity contribution in [3.63, 3.8) is 0 Å². The fraction of sp³-hybridized carbons (Fsp3) is 0. The van der Waals surface area contributed by atoms with E-state index >= 15 is 0 Å². The second-order valence-electron chi connectivity index (χ2n) is 12.1. The molecular weight excluding hydrogens is 576 g/mol. The van der Waals surface area contributed by atoms with Crippen LogP contribution in [0, 0.1) is 0 Å². The Bertz CT molecular complexity index is 3060. The number of aromatic nitrogens is 6. The van der Waals surface area contributed by atoms with E-state index in [-0.39, 0.29) is 0 Å². The van der Waals surface area contributed by atoms with Gasteiger partial charge in [-0.2, -0.15) is 0 Å². The zero-order valence-corrected chi connectivity index (χ0v) is 25.0. The predicted octanol–water partition coefficient (Wildman–Crippen LogP) is 9.78. The molecule has 218 valence electrons. The molecule has 6 nitrogen and oxygen atoms in total. The van der Waals surface area contributed by atoms with Crippen molar-refractivity contribution >= 4 is 82.2 Å². The number of rotatable bonds is 2. The average Bonchev–Trinajstić information content (AvgIpc) is 3.80. The summed E-state index contributed by atoms with van der Waals surface area (Å²) in [6.07, 6.45) is 3.68. The molecule has 0 spiro atoms. The molecule has 6 aromatic heterocycles. The summed E-state index contributed by atoms with van der Waals surface area (Å²) >= 11 is 0. The van der Waals surface area contributed by atoms with Gasteiger partial charge in [0.15, 0.2) is 5.65 Å². The quantitative estimate of drug-likeness (QED) is 0.186. The number of hydrogen-bond acceptors (Lipinski definition) is 3. The molecule has 0 amide bonds. The summed E-state index contributed by atoms with van der Waals surface area (Å²) in [5, 5.41) is 8.18. The van der Waals surface area contributed by atoms with E-state index < -0.39 is 0 Å². The first-order chi connectivity index (χ1) is 23.4. The van der Waals surface area contributed by atoms with Crippen molar-refractivity contribution < 1.29 is 0 Å². The Morgan fingerprint density at radius 1 is 0.383 bits per heavy atom. The van der Waals surface area contributed by atoms with Crippen molar-refractivity contribution in [1.82, 2.24) is 28.5 Å². The van der Waals surface area contributed by atoms with Crippen LogP contribution in [-0.4, -0.2) is 28.5 Å². The Balaban J connectivity index is 1.43. The smallest absolute Gasteiger partial charge is 0.166 e. The lowest BCUT2D eigenvalue weighted by Gasteiger charge is -2.13. The van der Waals surface area contributed by atoms with E-state index in [0.29, 0.717) is 0 Å². The monoisotopic (exact) mass is 600 g/mol. The van der Waals surface area contributed by atoms with E-state index in [1.54, 1.807) is 0 Å². The van der Waals surface area contributed by atoms with Gasteiger partial charge in [0, 0.05) is 61.5 Å². The van der Waals surface area contributed by atoms with Gasteiger partial charge in [-0.05, 0) is 72.8 Å². The lowest BCUT2D eigenvalue weighted by molar-refractivity contribution is 1.17. The third-order valence-corrected chi connectivity index (χ3v) is 9.68. The number of pyridine rings is 3. The van der Waals surface area contributed by atoms with Crippen molar-refractivity contribution in [3.05, 3.63) is 146 Å². The lowest BCUT2D eigenvalue weighted by atomic mass is 10.0. The highest BCUT2D eigenvalue weighted by atomic mass is 15.1. The van der Waals surface area contributed by atoms with Gasteiger partial charge in [0.2, 0.25) is 0 Å². The molecule has 5 aromatic carbocycles. The highest BCUT2D eigenvalue weighted by molar-refractivity contribution is 6.34. The van der Waals surface area contributed by atoms with Gasteiger partial charge >= 0.3 is 0 Å². The molecule has 0 aliphatic rings. The van der Waals surface area contributed by atoms with E-state index in [9.17, 15) is 0 Å². The van der Waals surface area contributed by atoms with Crippen LogP contribution in [0.4, 0.5) is 0 Å². The van der Waals surface area contributed by atoms with Crippen LogP contribution in [0.5, 0.6) is 0 Å². The van der Waals surface area contributed by atoms with E-state index in [2.05, 4.69) is 129 Å². The van der Waals surface area contributed by atoms with Gasteiger partial charge in [-0.15, -0.1) is 0 Å². The molecule has 0 unspecified atom stereocenters. The molecule has 0 saturated carbocycles. The average molecular weight is 601 g/mol. The molecule has 11 rings (SSSR count). The fourth-order valence-corrected chi connectivity index (χ4v) is 7.88. The Kier molecular flexibility index (Phi) is 4.75. The maximum Gasteiger partial charge on any atom is 0.166 e. The van der Waals surface area contributed by atoms with Crippen LogP contribution in [0.3, 0.4) is 0 Å². The number of imidazole rings is 1. The van der Waals surface area contributed by atoms with Crippen molar-refractivity contribution in [2.45, 2.75) is 0 Å². The van der Waals surface area contributed by atoms with Crippen molar-refractivity contribution in [2.75, 3.05) is 0 Å². The topological polar surface area (TPSA) is 52.9 Å². The summed E-state index contributed by atoms with van der Waals surface area (Å²) < 4.78 is 6.94. The second-order valence-corrected chi connectivity index (χ2v) is 12.1. The zero-order chi connectivity index (χ0) is 30.6. The summed E-state index contributed by atoms with van der Waals surface area (Å²) in [5.74, 6) is 0. The Morgan fingerprint density at radius 2 is 0.979 bits per heavy atom. The largest absolute Gasteiger partial charge is 0.309 e. The lowest BCUT2D eigenvalue weighted by Crippen LogP contribution is -1.98. The van der Waals surface area contributed by atoms with Crippen LogP contribution in [0.1, 0.15) is 0 Å². The van der Waals surface area contributed by atoms with Gasteiger partial charge in [-0.25, -0.2) is 15.0 Å². The summed E-state index contributed by atoms with van der Waals surface area (Å²) in [4.78, 5) is 14.8. The summed E-state index contributed by atoms with van der Waals surface area (Å²) in [6.45, 7) is 0. The Labute approximate surface area is 267 Å². The van der Waals surface area contributed by atoms with Gasteiger partial charge in [-0.1, -0.05) is 60.7 Å². The minimum atomic E-state index is 0.812. The minimum Gasteiger partial charge on any atom is -0.309 e. The van der Waals surface area contributed by atoms with Gasteiger partial charge < -0.3 is 9.13 Å². The number of nitrogens with zero attached hydrogens (tertiary/aromatic N) is 6. The minimum absolute atomic E-state index is 0.812. The molecule has 0 fully saturated rings. The number of para-hydroxylation sites is 3. The van der Waals surface area contributed by atoms with Gasteiger partial charge in [0.25, 0.3) is 0 Å². The summed E-state index contributed by atoms with van der Waals surface area (Å²) in [7, 11) is 0. The van der Waals surface area contributed by atoms with Crippen LogP contribution < -0.4 is 0 Å². The van der Waals surface area contributed by atoms with Crippen molar-refractivity contribution in [2.24, 2.45) is 0 Å². The zero-order valence-electron chi connectivity index (χ0n) is 25.0. The first-order valence-corrected chi connectivity index (χ1v) is 15.8. The molecule has 0 bridgehead atoms. The van der Waals surface area contributed by atoms with Crippen LogP contribution >= 0.6 is 0 Å². The molecule has 11 aromatic rings. The van der Waals surface area contributed by atoms with Gasteiger partial charge in [0.1, 0.15) is 16.8 Å². The first-order valence-electron chi connectivity index (χ1n) is 15.8. The summed E-state index contributed by atoms with van der Waals surface area (Å²) in [5.41, 5.74) is 10.3. The molecule has 0 aliphatic carbocycles. The fourth-order valence-electron chi connectivity index (χ4n) is 7.88. The van der Waals surface area contributed by atoms with Gasteiger partial charge in [-0.3, -0.25) is 4.40 Å². The molecule has 6 heterocycles. The standard InChI is InChI=1S/C41H24N6/c1-3-11-25(12-4-1)45-32-18-8-7-15-27(32)36-33(45)21-22-34-37(36)28-19-20-30-35(38(28)46(34)26-13-5-2-6-14-26)29-16-9-23-42-39(29)47-40(30)44-31-17-10-24-43-41(31)47/h1-24H. The maximum atomic E-state index is 5.13. The van der Waals surface area contributed by atoms with E-state index in [1.165, 1.54) is 32.6 Å². The third-order valence-electron chi connectivity index (χ3n) is 9.68. The predicted molar refractivity (Wildman–Crippen MR) is 192 cm³/mol. The van der Waals surface area contributed by atoms with E-state index in [0.717, 1.165) is 61.0 Å². The molecule has 0 N–H and O–H groups in total. The van der Waals surface area contributed by atoms with Crippen LogP contribution in [0.25, 0.3) is 93.6 Å². The van der Waals surface area contributed by atoms with Gasteiger partial charge in [0.05, 0.1) is 22.1 Å². The number of hydrogen-bond donors (Lipinski definition) is 0. The highest BCUT2D eigenvalue weighted by Crippen LogP contribution is 2.45. The number of benzene rings is 5. The van der Waals surface area contributed by atoms with Crippen LogP contribution in [-0.2, 0) is 0 Å². The molecule has 0 aliphatic heterocycles. The second kappa shape index (κ2) is 9.02. The molecule has 0 saturated heterocycles. The van der Waals surface area contributed by atoms with Crippen LogP contribution in [0.2, 0.25) is 0 Å². The Morgan fingerprint density at radius 3 is 1.79 bits per heavy atom. The highest BCUT2D eigenvalue weighted by Gasteiger charge is 2.24. The molecule has 0 atom stereocenters. The van der Waals surface area contributed by atoms with Crippen molar-refractivity contribution in [3.8, 4) is 11.4 Å². The molecule has 6 heteroatoms. The summed E-state index contributed by atoms with van der Waals surface area (Å²) in [6, 6.07) is 47.4. The first kappa shape index (κ1) is 24.8. The van der Waals surface area contributed by atoms with E-state index in [1.807, 2.05) is 30.6 Å². The molecular formula is C41H24N6. The van der Waals surface area contributed by atoms with Crippen LogP contribution in [0.15, 0.2) is 146 Å². The third kappa shape index (κ3) is 3.16. The van der Waals surface area contributed by atoms with E-state index in [4.69, 9.17) is 15.0 Å². The molecule has 47 heavy (non-hydrogen) atoms. The normalized spacial score (nSPS) is 12.3. The molecule has 0 radical (unpaired) electrons. The Hall–Kier alpha value is -6.53. The van der Waals surface area contributed by atoms with Crippen molar-refractivity contribution in [1.29, 1.82) is 0 Å². The SMILES string of the molecule is c1ccc(-n2c3ccccc3c3c4c5ccc6c(c7cccnc7n7c8ncccc8nc67)c5n(-c5ccccc5)c4ccc32)cc1. The number of fused-ring (bicyclic) bond motifs is 16.